The van der Waals surface area contributed by atoms with Crippen molar-refractivity contribution in [2.45, 2.75) is 45.9 Å². The van der Waals surface area contributed by atoms with Gasteiger partial charge in [0.15, 0.2) is 0 Å². The van der Waals surface area contributed by atoms with Gasteiger partial charge >= 0.3 is 0 Å². The van der Waals surface area contributed by atoms with Crippen molar-refractivity contribution in [3.8, 4) is 11.1 Å². The van der Waals surface area contributed by atoms with Gasteiger partial charge in [0.1, 0.15) is 0 Å². The molecule has 3 aromatic rings. The molecule has 0 saturated heterocycles. The van der Waals surface area contributed by atoms with Crippen molar-refractivity contribution in [3.63, 3.8) is 0 Å². The number of nitrogens with one attached hydrogen (secondary N) is 1. The second-order valence-corrected chi connectivity index (χ2v) is 9.91. The molecule has 0 fully saturated rings. The number of sulfonamides is 1. The van der Waals surface area contributed by atoms with Gasteiger partial charge < -0.3 is 4.52 Å². The Morgan fingerprint density at radius 3 is 2.21 bits per heavy atom. The van der Waals surface area contributed by atoms with Gasteiger partial charge in [-0.15, -0.1) is 0 Å². The Bertz CT molecular complexity index is 1080. The smallest absolute Gasteiger partial charge is 0.264 e. The van der Waals surface area contributed by atoms with E-state index in [0.717, 1.165) is 12.0 Å². The van der Waals surface area contributed by atoms with E-state index in [0.29, 0.717) is 16.8 Å². The Balaban J connectivity index is 1.96. The predicted octanol–water partition coefficient (Wildman–Crippen LogP) is 5.35. The van der Waals surface area contributed by atoms with Crippen LogP contribution in [0.2, 0.25) is 0 Å². The fraction of sp³-hybridized carbons (Fsp3) is 0.318. The van der Waals surface area contributed by atoms with Crippen LogP contribution in [0, 0.1) is 19.3 Å². The van der Waals surface area contributed by atoms with Crippen molar-refractivity contribution < 1.29 is 12.9 Å². The summed E-state index contributed by atoms with van der Waals surface area (Å²) in [5, 5.41) is 3.81. The van der Waals surface area contributed by atoms with Crippen LogP contribution in [0.4, 0.5) is 5.88 Å². The molecule has 1 N–H and O–H groups in total. The molecule has 0 radical (unpaired) electrons. The largest absolute Gasteiger partial charge is 0.337 e. The molecule has 0 aliphatic rings. The summed E-state index contributed by atoms with van der Waals surface area (Å²) in [7, 11) is -3.82. The third kappa shape index (κ3) is 4.44. The molecule has 3 rings (SSSR count). The van der Waals surface area contributed by atoms with E-state index in [9.17, 15) is 8.42 Å². The van der Waals surface area contributed by atoms with Gasteiger partial charge in [-0.25, -0.2) is 13.1 Å². The van der Waals surface area contributed by atoms with Crippen LogP contribution in [-0.4, -0.2) is 13.6 Å². The first-order valence-corrected chi connectivity index (χ1v) is 10.7. The zero-order valence-corrected chi connectivity index (χ0v) is 17.7. The maximum Gasteiger partial charge on any atom is 0.264 e. The highest BCUT2D eigenvalue weighted by Gasteiger charge is 2.22. The van der Waals surface area contributed by atoms with Gasteiger partial charge in [0.2, 0.25) is 5.88 Å². The number of anilines is 1. The lowest BCUT2D eigenvalue weighted by atomic mass is 9.87. The van der Waals surface area contributed by atoms with Gasteiger partial charge in [0, 0.05) is 11.1 Å². The molecule has 2 aromatic carbocycles. The molecule has 5 nitrogen and oxygen atoms in total. The lowest BCUT2D eigenvalue weighted by Crippen LogP contribution is -2.14. The van der Waals surface area contributed by atoms with Crippen LogP contribution >= 0.6 is 0 Å². The van der Waals surface area contributed by atoms with E-state index in [1.165, 1.54) is 5.56 Å². The molecule has 6 heteroatoms. The summed E-state index contributed by atoms with van der Waals surface area (Å²) in [6.07, 6.45) is 0.957. The average Bonchev–Trinajstić information content (AvgIpc) is 2.93. The standard InChI is InChI=1S/C22H26N2O3S/c1-15-16(2)23-27-21(15)24-28(25,26)20-9-7-6-8-19(20)18-12-10-17(11-13-18)14-22(3,4)5/h6-13,24H,14H2,1-5H3. The minimum atomic E-state index is -3.82. The summed E-state index contributed by atoms with van der Waals surface area (Å²) < 4.78 is 33.7. The molecule has 1 heterocycles. The van der Waals surface area contributed by atoms with Gasteiger partial charge in [-0.1, -0.05) is 68.4 Å². The van der Waals surface area contributed by atoms with E-state index < -0.39 is 10.0 Å². The summed E-state index contributed by atoms with van der Waals surface area (Å²) in [5.74, 6) is 0.146. The van der Waals surface area contributed by atoms with Gasteiger partial charge in [0.05, 0.1) is 10.6 Å². The fourth-order valence-corrected chi connectivity index (χ4v) is 4.32. The Morgan fingerprint density at radius 2 is 1.64 bits per heavy atom. The third-order valence-corrected chi connectivity index (χ3v) is 5.95. The zero-order chi connectivity index (χ0) is 20.5. The number of aromatic nitrogens is 1. The molecule has 0 atom stereocenters. The second-order valence-electron chi connectivity index (χ2n) is 8.26. The van der Waals surface area contributed by atoms with Crippen LogP contribution in [0.1, 0.15) is 37.6 Å². The van der Waals surface area contributed by atoms with Crippen molar-refractivity contribution >= 4 is 15.9 Å². The SMILES string of the molecule is Cc1noc(NS(=O)(=O)c2ccccc2-c2ccc(CC(C)(C)C)cc2)c1C. The first-order valence-electron chi connectivity index (χ1n) is 9.21. The van der Waals surface area contributed by atoms with Crippen molar-refractivity contribution in [2.75, 3.05) is 4.72 Å². The lowest BCUT2D eigenvalue weighted by molar-refractivity contribution is 0.411. The number of hydrogen-bond donors (Lipinski definition) is 1. The topological polar surface area (TPSA) is 72.2 Å². The van der Waals surface area contributed by atoms with Crippen molar-refractivity contribution in [1.29, 1.82) is 0 Å². The van der Waals surface area contributed by atoms with Crippen LogP contribution in [-0.2, 0) is 16.4 Å². The van der Waals surface area contributed by atoms with E-state index in [-0.39, 0.29) is 16.2 Å². The molecule has 0 saturated carbocycles. The van der Waals surface area contributed by atoms with Crippen LogP contribution in [0.15, 0.2) is 57.9 Å². The minimum absolute atomic E-state index is 0.146. The summed E-state index contributed by atoms with van der Waals surface area (Å²) in [5.41, 5.74) is 4.24. The highest BCUT2D eigenvalue weighted by atomic mass is 32.2. The van der Waals surface area contributed by atoms with Crippen molar-refractivity contribution in [2.24, 2.45) is 5.41 Å². The molecule has 0 unspecified atom stereocenters. The van der Waals surface area contributed by atoms with E-state index in [1.807, 2.05) is 24.3 Å². The highest BCUT2D eigenvalue weighted by Crippen LogP contribution is 2.31. The van der Waals surface area contributed by atoms with Crippen molar-refractivity contribution in [3.05, 3.63) is 65.4 Å². The summed E-state index contributed by atoms with van der Waals surface area (Å²) >= 11 is 0. The summed E-state index contributed by atoms with van der Waals surface area (Å²) in [6.45, 7) is 10.1. The number of nitrogens with zero attached hydrogens (tertiary/aromatic N) is 1. The van der Waals surface area contributed by atoms with Gasteiger partial charge in [-0.3, -0.25) is 0 Å². The Hall–Kier alpha value is -2.60. The highest BCUT2D eigenvalue weighted by molar-refractivity contribution is 7.92. The minimum Gasteiger partial charge on any atom is -0.337 e. The molecule has 0 amide bonds. The summed E-state index contributed by atoms with van der Waals surface area (Å²) in [4.78, 5) is 0.201. The molecular formula is C22H26N2O3S. The third-order valence-electron chi connectivity index (χ3n) is 4.56. The molecule has 0 bridgehead atoms. The number of hydrogen-bond acceptors (Lipinski definition) is 4. The summed E-state index contributed by atoms with van der Waals surface area (Å²) in [6, 6.07) is 15.0. The van der Waals surface area contributed by atoms with Gasteiger partial charge in [-0.05, 0) is 42.9 Å². The Morgan fingerprint density at radius 1 is 1.00 bits per heavy atom. The zero-order valence-electron chi connectivity index (χ0n) is 16.9. The molecule has 0 spiro atoms. The van der Waals surface area contributed by atoms with Crippen LogP contribution < -0.4 is 4.72 Å². The average molecular weight is 399 g/mol. The molecule has 1 aromatic heterocycles. The quantitative estimate of drug-likeness (QED) is 0.629. The van der Waals surface area contributed by atoms with Gasteiger partial charge in [0.25, 0.3) is 10.0 Å². The van der Waals surface area contributed by atoms with E-state index in [1.54, 1.807) is 26.0 Å². The second kappa shape index (κ2) is 7.43. The maximum atomic E-state index is 13.0. The molecule has 28 heavy (non-hydrogen) atoms. The van der Waals surface area contributed by atoms with Crippen LogP contribution in [0.25, 0.3) is 11.1 Å². The first-order chi connectivity index (χ1) is 13.1. The van der Waals surface area contributed by atoms with Crippen LogP contribution in [0.3, 0.4) is 0 Å². The van der Waals surface area contributed by atoms with E-state index >= 15 is 0 Å². The van der Waals surface area contributed by atoms with E-state index in [2.05, 4.69) is 42.8 Å². The van der Waals surface area contributed by atoms with Gasteiger partial charge in [-0.2, -0.15) is 0 Å². The fourth-order valence-electron chi connectivity index (χ4n) is 3.04. The normalized spacial score (nSPS) is 12.2. The Kier molecular flexibility index (Phi) is 5.35. The lowest BCUT2D eigenvalue weighted by Gasteiger charge is -2.18. The number of aryl methyl sites for hydroxylation is 1. The van der Waals surface area contributed by atoms with E-state index in [4.69, 9.17) is 4.52 Å². The molecular weight excluding hydrogens is 372 g/mol. The monoisotopic (exact) mass is 398 g/mol. The molecule has 0 aliphatic heterocycles. The number of rotatable bonds is 5. The molecule has 0 aliphatic carbocycles. The number of benzene rings is 2. The molecule has 148 valence electrons. The van der Waals surface area contributed by atoms with Crippen LogP contribution in [0.5, 0.6) is 0 Å². The Labute approximate surface area is 166 Å². The predicted molar refractivity (Wildman–Crippen MR) is 112 cm³/mol. The first kappa shape index (κ1) is 20.1. The maximum absolute atomic E-state index is 13.0. The van der Waals surface area contributed by atoms with Crippen molar-refractivity contribution in [1.82, 2.24) is 5.16 Å².